The first-order chi connectivity index (χ1) is 12.2. The van der Waals surface area contributed by atoms with Gasteiger partial charge in [-0.2, -0.15) is 0 Å². The van der Waals surface area contributed by atoms with Crippen LogP contribution in [0.4, 0.5) is 0 Å². The molecule has 0 spiro atoms. The molecular weight excluding hydrogens is 356 g/mol. The SMILES string of the molecule is CC(C)CN(CC(C)C)C(=O)COC(=O)CNC(=O)c1ccc(Cl)cc1. The molecule has 2 amide bonds. The quantitative estimate of drug-likeness (QED) is 0.666. The predicted molar refractivity (Wildman–Crippen MR) is 101 cm³/mol. The molecule has 1 aromatic carbocycles. The van der Waals surface area contributed by atoms with E-state index in [2.05, 4.69) is 5.32 Å². The van der Waals surface area contributed by atoms with Crippen LogP contribution in [0.25, 0.3) is 0 Å². The van der Waals surface area contributed by atoms with E-state index in [1.807, 2.05) is 27.7 Å². The van der Waals surface area contributed by atoms with Gasteiger partial charge in [0.25, 0.3) is 11.8 Å². The van der Waals surface area contributed by atoms with Gasteiger partial charge >= 0.3 is 5.97 Å². The molecule has 0 unspecified atom stereocenters. The second-order valence-corrected chi connectivity index (χ2v) is 7.37. The standard InChI is InChI=1S/C19H27ClN2O4/c1-13(2)10-22(11-14(3)4)17(23)12-26-18(24)9-21-19(25)15-5-7-16(20)8-6-15/h5-8,13-14H,9-12H2,1-4H3,(H,21,25). The Hall–Kier alpha value is -2.08. The van der Waals surface area contributed by atoms with Crippen LogP contribution < -0.4 is 5.32 Å². The Balaban J connectivity index is 2.43. The zero-order chi connectivity index (χ0) is 19.7. The Morgan fingerprint density at radius 1 is 1.04 bits per heavy atom. The minimum atomic E-state index is -0.658. The van der Waals surface area contributed by atoms with Crippen molar-refractivity contribution in [2.75, 3.05) is 26.2 Å². The molecule has 26 heavy (non-hydrogen) atoms. The van der Waals surface area contributed by atoms with Crippen LogP contribution >= 0.6 is 11.6 Å². The van der Waals surface area contributed by atoms with Crippen molar-refractivity contribution in [2.45, 2.75) is 27.7 Å². The van der Waals surface area contributed by atoms with Gasteiger partial charge in [-0.3, -0.25) is 14.4 Å². The number of halogens is 1. The van der Waals surface area contributed by atoms with Crippen molar-refractivity contribution >= 4 is 29.4 Å². The maximum atomic E-state index is 12.3. The van der Waals surface area contributed by atoms with Crippen LogP contribution in [-0.4, -0.2) is 48.9 Å². The van der Waals surface area contributed by atoms with Crippen LogP contribution in [0.2, 0.25) is 5.02 Å². The van der Waals surface area contributed by atoms with Crippen LogP contribution in [0.1, 0.15) is 38.1 Å². The largest absolute Gasteiger partial charge is 0.454 e. The van der Waals surface area contributed by atoms with E-state index in [4.69, 9.17) is 16.3 Å². The van der Waals surface area contributed by atoms with Crippen molar-refractivity contribution < 1.29 is 19.1 Å². The number of carbonyl (C=O) groups is 3. The van der Waals surface area contributed by atoms with Crippen molar-refractivity contribution in [3.05, 3.63) is 34.9 Å². The monoisotopic (exact) mass is 382 g/mol. The zero-order valence-corrected chi connectivity index (χ0v) is 16.5. The summed E-state index contributed by atoms with van der Waals surface area (Å²) in [6.07, 6.45) is 0. The van der Waals surface area contributed by atoms with E-state index in [0.29, 0.717) is 35.5 Å². The fraction of sp³-hybridized carbons (Fsp3) is 0.526. The fourth-order valence-corrected chi connectivity index (χ4v) is 2.43. The van der Waals surface area contributed by atoms with Crippen LogP contribution in [0.3, 0.4) is 0 Å². The molecule has 0 aromatic heterocycles. The Morgan fingerprint density at radius 3 is 2.08 bits per heavy atom. The third-order valence-corrected chi connectivity index (χ3v) is 3.63. The van der Waals surface area contributed by atoms with E-state index in [-0.39, 0.29) is 19.1 Å². The van der Waals surface area contributed by atoms with Crippen LogP contribution in [0.15, 0.2) is 24.3 Å². The molecule has 0 aliphatic rings. The molecular formula is C19H27ClN2O4. The van der Waals surface area contributed by atoms with Crippen molar-refractivity contribution in [1.82, 2.24) is 10.2 Å². The van der Waals surface area contributed by atoms with Gasteiger partial charge in [0, 0.05) is 23.7 Å². The molecule has 144 valence electrons. The highest BCUT2D eigenvalue weighted by atomic mass is 35.5. The summed E-state index contributed by atoms with van der Waals surface area (Å²) in [4.78, 5) is 37.7. The molecule has 0 aliphatic carbocycles. The average Bonchev–Trinajstić information content (AvgIpc) is 2.56. The van der Waals surface area contributed by atoms with Gasteiger partial charge < -0.3 is 15.0 Å². The predicted octanol–water partition coefficient (Wildman–Crippen LogP) is 2.75. The highest BCUT2D eigenvalue weighted by Crippen LogP contribution is 2.09. The third kappa shape index (κ3) is 8.34. The van der Waals surface area contributed by atoms with Crippen molar-refractivity contribution in [2.24, 2.45) is 11.8 Å². The second-order valence-electron chi connectivity index (χ2n) is 6.94. The number of amides is 2. The molecule has 1 N–H and O–H groups in total. The summed E-state index contributed by atoms with van der Waals surface area (Å²) in [5, 5.41) is 2.97. The van der Waals surface area contributed by atoms with Gasteiger partial charge in [0.05, 0.1) is 0 Å². The Kier molecular flexibility index (Phi) is 9.13. The summed E-state index contributed by atoms with van der Waals surface area (Å²) < 4.78 is 4.99. The van der Waals surface area contributed by atoms with Gasteiger partial charge in [-0.1, -0.05) is 39.3 Å². The summed E-state index contributed by atoms with van der Waals surface area (Å²) in [5.74, 6) is -0.648. The molecule has 0 fully saturated rings. The number of benzene rings is 1. The number of nitrogens with one attached hydrogen (secondary N) is 1. The minimum Gasteiger partial charge on any atom is -0.454 e. The van der Waals surface area contributed by atoms with Crippen LogP contribution in [-0.2, 0) is 14.3 Å². The fourth-order valence-electron chi connectivity index (χ4n) is 2.30. The number of hydrogen-bond acceptors (Lipinski definition) is 4. The smallest absolute Gasteiger partial charge is 0.325 e. The molecule has 0 saturated carbocycles. The van der Waals surface area contributed by atoms with E-state index in [1.54, 1.807) is 29.2 Å². The van der Waals surface area contributed by atoms with Gasteiger partial charge in [-0.15, -0.1) is 0 Å². The number of carbonyl (C=O) groups excluding carboxylic acids is 3. The Morgan fingerprint density at radius 2 is 1.58 bits per heavy atom. The number of rotatable bonds is 9. The van der Waals surface area contributed by atoms with Gasteiger partial charge in [0.2, 0.25) is 0 Å². The van der Waals surface area contributed by atoms with E-state index in [0.717, 1.165) is 0 Å². The Labute approximate surface area is 159 Å². The number of esters is 1. The lowest BCUT2D eigenvalue weighted by Gasteiger charge is -2.26. The maximum Gasteiger partial charge on any atom is 0.325 e. The first-order valence-corrected chi connectivity index (χ1v) is 9.04. The van der Waals surface area contributed by atoms with Gasteiger partial charge in [0.15, 0.2) is 6.61 Å². The minimum absolute atomic E-state index is 0.232. The highest BCUT2D eigenvalue weighted by Gasteiger charge is 2.18. The molecule has 0 aliphatic heterocycles. The molecule has 1 rings (SSSR count). The molecule has 1 aromatic rings. The van der Waals surface area contributed by atoms with Crippen molar-refractivity contribution in [3.8, 4) is 0 Å². The molecule has 0 heterocycles. The van der Waals surface area contributed by atoms with Crippen molar-refractivity contribution in [3.63, 3.8) is 0 Å². The normalized spacial score (nSPS) is 10.7. The highest BCUT2D eigenvalue weighted by molar-refractivity contribution is 6.30. The first kappa shape index (κ1) is 22.0. The first-order valence-electron chi connectivity index (χ1n) is 8.66. The summed E-state index contributed by atoms with van der Waals surface area (Å²) in [6.45, 7) is 8.71. The lowest BCUT2D eigenvalue weighted by molar-refractivity contribution is -0.151. The molecule has 0 bridgehead atoms. The summed E-state index contributed by atoms with van der Waals surface area (Å²) in [6, 6.07) is 6.29. The van der Waals surface area contributed by atoms with E-state index in [1.165, 1.54) is 0 Å². The number of nitrogens with zero attached hydrogens (tertiary/aromatic N) is 1. The molecule has 0 atom stereocenters. The Bertz CT molecular complexity index is 604. The third-order valence-electron chi connectivity index (χ3n) is 3.38. The topological polar surface area (TPSA) is 75.7 Å². The summed E-state index contributed by atoms with van der Waals surface area (Å²) >= 11 is 5.76. The van der Waals surface area contributed by atoms with Crippen LogP contribution in [0.5, 0.6) is 0 Å². The zero-order valence-electron chi connectivity index (χ0n) is 15.8. The lowest BCUT2D eigenvalue weighted by atomic mass is 10.1. The molecule has 0 radical (unpaired) electrons. The second kappa shape index (κ2) is 10.8. The molecule has 6 nitrogen and oxygen atoms in total. The summed E-state index contributed by atoms with van der Waals surface area (Å²) in [5.41, 5.74) is 0.387. The van der Waals surface area contributed by atoms with Gasteiger partial charge in [0.1, 0.15) is 6.54 Å². The lowest BCUT2D eigenvalue weighted by Crippen LogP contribution is -2.40. The molecule has 0 saturated heterocycles. The van der Waals surface area contributed by atoms with Crippen molar-refractivity contribution in [1.29, 1.82) is 0 Å². The van der Waals surface area contributed by atoms with E-state index in [9.17, 15) is 14.4 Å². The number of ether oxygens (including phenoxy) is 1. The van der Waals surface area contributed by atoms with Gasteiger partial charge in [-0.25, -0.2) is 0 Å². The molecule has 7 heteroatoms. The van der Waals surface area contributed by atoms with E-state index < -0.39 is 11.9 Å². The maximum absolute atomic E-state index is 12.3. The number of hydrogen-bond donors (Lipinski definition) is 1. The summed E-state index contributed by atoms with van der Waals surface area (Å²) in [7, 11) is 0. The van der Waals surface area contributed by atoms with Gasteiger partial charge in [-0.05, 0) is 36.1 Å². The average molecular weight is 383 g/mol. The van der Waals surface area contributed by atoms with Crippen LogP contribution in [0, 0.1) is 11.8 Å². The van der Waals surface area contributed by atoms with E-state index >= 15 is 0 Å².